The first-order valence-electron chi connectivity index (χ1n) is 6.71. The van der Waals surface area contributed by atoms with Crippen LogP contribution in [0.25, 0.3) is 0 Å². The van der Waals surface area contributed by atoms with E-state index in [0.717, 1.165) is 0 Å². The summed E-state index contributed by atoms with van der Waals surface area (Å²) in [7, 11) is 0. The fraction of sp³-hybridized carbons (Fsp3) is 0.923. The van der Waals surface area contributed by atoms with Crippen LogP contribution in [0.1, 0.15) is 38.5 Å². The number of unbranched alkanes of at least 4 members (excludes halogenated alkanes) is 2. The summed E-state index contributed by atoms with van der Waals surface area (Å²) in [5.74, 6) is 0. The summed E-state index contributed by atoms with van der Waals surface area (Å²) in [6, 6.07) is 0. The van der Waals surface area contributed by atoms with Crippen LogP contribution in [-0.4, -0.2) is 49.1 Å². The molecule has 0 saturated carbocycles. The minimum atomic E-state index is 1.30. The fourth-order valence-electron chi connectivity index (χ4n) is 2.70. The number of likely N-dealkylation sites (tertiary alicyclic amines) is 2. The highest BCUT2D eigenvalue weighted by Crippen LogP contribution is 2.10. The lowest BCUT2D eigenvalue weighted by Gasteiger charge is -2.16. The van der Waals surface area contributed by atoms with E-state index >= 15 is 0 Å². The molecule has 0 aromatic rings. The Bertz CT molecular complexity index is 140. The number of hydrogen-bond acceptors (Lipinski definition) is 2. The Morgan fingerprint density at radius 2 is 1.07 bits per heavy atom. The van der Waals surface area contributed by atoms with Gasteiger partial charge in [0, 0.05) is 0 Å². The maximum atomic E-state index is 2.60. The second-order valence-electron chi connectivity index (χ2n) is 4.96. The average molecular weight is 209 g/mol. The molecule has 2 aliphatic rings. The van der Waals surface area contributed by atoms with E-state index < -0.39 is 0 Å². The first-order chi connectivity index (χ1) is 7.45. The SMILES string of the molecule is [CH](CCN1CCCC1)CCN1CCCC1. The summed E-state index contributed by atoms with van der Waals surface area (Å²) in [6.07, 6.45) is 10.8. The molecule has 87 valence electrons. The van der Waals surface area contributed by atoms with Gasteiger partial charge in [0.25, 0.3) is 0 Å². The summed E-state index contributed by atoms with van der Waals surface area (Å²) >= 11 is 0. The zero-order valence-electron chi connectivity index (χ0n) is 9.96. The highest BCUT2D eigenvalue weighted by atomic mass is 15.1. The summed E-state index contributed by atoms with van der Waals surface area (Å²) < 4.78 is 0. The van der Waals surface area contributed by atoms with E-state index in [9.17, 15) is 0 Å². The monoisotopic (exact) mass is 209 g/mol. The molecule has 0 amide bonds. The molecule has 0 aliphatic carbocycles. The summed E-state index contributed by atoms with van der Waals surface area (Å²) in [5.41, 5.74) is 0. The second kappa shape index (κ2) is 6.49. The van der Waals surface area contributed by atoms with Crippen LogP contribution in [0, 0.1) is 6.42 Å². The first-order valence-corrected chi connectivity index (χ1v) is 6.71. The number of hydrogen-bond donors (Lipinski definition) is 0. The predicted molar refractivity (Wildman–Crippen MR) is 64.9 cm³/mol. The van der Waals surface area contributed by atoms with Crippen LogP contribution in [0.15, 0.2) is 0 Å². The van der Waals surface area contributed by atoms with Crippen LogP contribution in [-0.2, 0) is 0 Å². The van der Waals surface area contributed by atoms with Crippen LogP contribution >= 0.6 is 0 Å². The van der Waals surface area contributed by atoms with Gasteiger partial charge in [0.15, 0.2) is 0 Å². The standard InChI is InChI=1S/C13H25N2/c1(2-8-14-10-4-5-11-14)3-9-15-12-6-7-13-15/h1H,2-13H2. The molecule has 0 N–H and O–H groups in total. The molecule has 1 radical (unpaired) electrons. The van der Waals surface area contributed by atoms with Crippen molar-refractivity contribution in [1.82, 2.24) is 9.80 Å². The van der Waals surface area contributed by atoms with Crippen molar-refractivity contribution in [3.05, 3.63) is 6.42 Å². The van der Waals surface area contributed by atoms with Gasteiger partial charge in [-0.05, 0) is 84.2 Å². The highest BCUT2D eigenvalue weighted by molar-refractivity contribution is 4.74. The maximum Gasteiger partial charge on any atom is -0.00160 e. The van der Waals surface area contributed by atoms with Gasteiger partial charge in [-0.2, -0.15) is 0 Å². The summed E-state index contributed by atoms with van der Waals surface area (Å²) in [6.45, 7) is 8.00. The largest absolute Gasteiger partial charge is 0.303 e. The van der Waals surface area contributed by atoms with E-state index in [1.807, 2.05) is 0 Å². The van der Waals surface area contributed by atoms with Crippen molar-refractivity contribution in [3.63, 3.8) is 0 Å². The van der Waals surface area contributed by atoms with Crippen LogP contribution < -0.4 is 0 Å². The van der Waals surface area contributed by atoms with Gasteiger partial charge >= 0.3 is 0 Å². The zero-order valence-corrected chi connectivity index (χ0v) is 9.96. The van der Waals surface area contributed by atoms with Crippen molar-refractivity contribution in [1.29, 1.82) is 0 Å². The zero-order chi connectivity index (χ0) is 10.3. The molecule has 2 rings (SSSR count). The fourth-order valence-corrected chi connectivity index (χ4v) is 2.70. The minimum absolute atomic E-state index is 1.30. The Labute approximate surface area is 94.6 Å². The molecule has 0 atom stereocenters. The summed E-state index contributed by atoms with van der Waals surface area (Å²) in [4.78, 5) is 5.21. The molecule has 0 aromatic carbocycles. The highest BCUT2D eigenvalue weighted by Gasteiger charge is 2.12. The van der Waals surface area contributed by atoms with Crippen molar-refractivity contribution in [2.24, 2.45) is 0 Å². The van der Waals surface area contributed by atoms with Gasteiger partial charge < -0.3 is 9.80 Å². The van der Waals surface area contributed by atoms with E-state index in [1.54, 1.807) is 0 Å². The second-order valence-corrected chi connectivity index (χ2v) is 4.96. The van der Waals surface area contributed by atoms with Gasteiger partial charge in [0.2, 0.25) is 0 Å². The lowest BCUT2D eigenvalue weighted by Crippen LogP contribution is -2.22. The average Bonchev–Trinajstić information content (AvgIpc) is 2.88. The molecular weight excluding hydrogens is 184 g/mol. The smallest absolute Gasteiger partial charge is 0.00160 e. The van der Waals surface area contributed by atoms with E-state index in [4.69, 9.17) is 0 Å². The Balaban J connectivity index is 1.41. The van der Waals surface area contributed by atoms with E-state index in [-0.39, 0.29) is 0 Å². The van der Waals surface area contributed by atoms with Gasteiger partial charge in [0.1, 0.15) is 0 Å². The van der Waals surface area contributed by atoms with Crippen molar-refractivity contribution in [3.8, 4) is 0 Å². The maximum absolute atomic E-state index is 2.60. The van der Waals surface area contributed by atoms with Gasteiger partial charge in [0.05, 0.1) is 0 Å². The Kier molecular flexibility index (Phi) is 4.94. The molecule has 2 aliphatic heterocycles. The van der Waals surface area contributed by atoms with Crippen molar-refractivity contribution in [2.75, 3.05) is 39.3 Å². The van der Waals surface area contributed by atoms with Crippen LogP contribution in [0.3, 0.4) is 0 Å². The molecule has 0 spiro atoms. The topological polar surface area (TPSA) is 6.48 Å². The third-order valence-electron chi connectivity index (χ3n) is 3.70. The van der Waals surface area contributed by atoms with Crippen molar-refractivity contribution >= 4 is 0 Å². The molecule has 2 saturated heterocycles. The van der Waals surface area contributed by atoms with E-state index in [2.05, 4.69) is 16.2 Å². The van der Waals surface area contributed by atoms with Gasteiger partial charge in [-0.25, -0.2) is 0 Å². The van der Waals surface area contributed by atoms with Crippen molar-refractivity contribution < 1.29 is 0 Å². The third kappa shape index (κ3) is 4.12. The molecule has 0 aromatic heterocycles. The normalized spacial score (nSPS) is 24.0. The lowest BCUT2D eigenvalue weighted by atomic mass is 10.2. The molecular formula is C13H25N2. The molecule has 2 heterocycles. The molecule has 0 unspecified atom stereocenters. The Morgan fingerprint density at radius 1 is 0.667 bits per heavy atom. The Morgan fingerprint density at radius 3 is 1.47 bits per heavy atom. The lowest BCUT2D eigenvalue weighted by molar-refractivity contribution is 0.325. The van der Waals surface area contributed by atoms with E-state index in [1.165, 1.54) is 77.8 Å². The van der Waals surface area contributed by atoms with Crippen LogP contribution in [0.5, 0.6) is 0 Å². The van der Waals surface area contributed by atoms with Crippen molar-refractivity contribution in [2.45, 2.75) is 38.5 Å². The van der Waals surface area contributed by atoms with Gasteiger partial charge in [-0.15, -0.1) is 0 Å². The number of rotatable bonds is 6. The van der Waals surface area contributed by atoms with E-state index in [0.29, 0.717) is 0 Å². The molecule has 15 heavy (non-hydrogen) atoms. The van der Waals surface area contributed by atoms with Crippen LogP contribution in [0.4, 0.5) is 0 Å². The third-order valence-corrected chi connectivity index (χ3v) is 3.70. The number of nitrogens with zero attached hydrogens (tertiary/aromatic N) is 2. The van der Waals surface area contributed by atoms with Gasteiger partial charge in [-0.3, -0.25) is 0 Å². The first kappa shape index (κ1) is 11.4. The quantitative estimate of drug-likeness (QED) is 0.619. The summed E-state index contributed by atoms with van der Waals surface area (Å²) in [5, 5.41) is 0. The molecule has 2 nitrogen and oxygen atoms in total. The van der Waals surface area contributed by atoms with Gasteiger partial charge in [-0.1, -0.05) is 0 Å². The molecule has 2 fully saturated rings. The minimum Gasteiger partial charge on any atom is -0.303 e. The Hall–Kier alpha value is -0.0800. The molecule has 2 heteroatoms. The predicted octanol–water partition coefficient (Wildman–Crippen LogP) is 2.16. The molecule has 0 bridgehead atoms. The van der Waals surface area contributed by atoms with Crippen LogP contribution in [0.2, 0.25) is 0 Å².